The number of aliphatic carboxylic acids is 1. The number of aromatic nitrogens is 1. The lowest BCUT2D eigenvalue weighted by molar-refractivity contribution is -0.138. The highest BCUT2D eigenvalue weighted by molar-refractivity contribution is 5.79. The highest BCUT2D eigenvalue weighted by Crippen LogP contribution is 2.44. The van der Waals surface area contributed by atoms with Crippen LogP contribution in [-0.2, 0) is 15.1 Å². The van der Waals surface area contributed by atoms with Gasteiger partial charge in [-0.15, -0.1) is 0 Å². The minimum Gasteiger partial charge on any atom is -0.481 e. The third kappa shape index (κ3) is 3.76. The van der Waals surface area contributed by atoms with Crippen LogP contribution in [0.4, 0.5) is 4.79 Å². The zero-order chi connectivity index (χ0) is 21.1. The van der Waals surface area contributed by atoms with Gasteiger partial charge in [0.15, 0.2) is 0 Å². The number of fused-ring (bicyclic) bond motifs is 3. The highest BCUT2D eigenvalue weighted by Gasteiger charge is 2.34. The average molecular weight is 402 g/mol. The number of rotatable bonds is 6. The van der Waals surface area contributed by atoms with E-state index < -0.39 is 17.6 Å². The Balaban J connectivity index is 1.51. The van der Waals surface area contributed by atoms with Crippen LogP contribution in [0.1, 0.15) is 36.0 Å². The molecule has 0 spiro atoms. The van der Waals surface area contributed by atoms with Gasteiger partial charge >= 0.3 is 12.1 Å². The smallest absolute Gasteiger partial charge is 0.407 e. The van der Waals surface area contributed by atoms with Crippen molar-refractivity contribution in [2.75, 3.05) is 6.61 Å². The van der Waals surface area contributed by atoms with Crippen molar-refractivity contribution in [2.45, 2.75) is 24.8 Å². The summed E-state index contributed by atoms with van der Waals surface area (Å²) in [5.74, 6) is -1.09. The summed E-state index contributed by atoms with van der Waals surface area (Å²) < 4.78 is 5.58. The van der Waals surface area contributed by atoms with E-state index in [9.17, 15) is 14.7 Å². The summed E-state index contributed by atoms with van der Waals surface area (Å²) in [5, 5.41) is 12.1. The highest BCUT2D eigenvalue weighted by atomic mass is 16.5. The van der Waals surface area contributed by atoms with E-state index in [-0.39, 0.29) is 18.9 Å². The molecule has 0 aliphatic heterocycles. The lowest BCUT2D eigenvalue weighted by atomic mass is 9.90. The van der Waals surface area contributed by atoms with E-state index in [1.165, 1.54) is 0 Å². The molecule has 4 rings (SSSR count). The number of pyridine rings is 1. The Labute approximate surface area is 174 Å². The minimum absolute atomic E-state index is 0.0627. The Morgan fingerprint density at radius 3 is 2.23 bits per heavy atom. The van der Waals surface area contributed by atoms with Gasteiger partial charge in [0.25, 0.3) is 0 Å². The largest absolute Gasteiger partial charge is 0.481 e. The maximum atomic E-state index is 12.6. The van der Waals surface area contributed by atoms with Crippen LogP contribution in [0.5, 0.6) is 0 Å². The number of carboxylic acid groups (broad SMARTS) is 1. The molecule has 6 heteroatoms. The van der Waals surface area contributed by atoms with Crippen LogP contribution < -0.4 is 5.32 Å². The first-order valence-electron chi connectivity index (χ1n) is 9.73. The number of hydrogen-bond donors (Lipinski definition) is 2. The number of amides is 1. The van der Waals surface area contributed by atoms with Crippen molar-refractivity contribution in [3.63, 3.8) is 0 Å². The van der Waals surface area contributed by atoms with Crippen LogP contribution in [0, 0.1) is 0 Å². The van der Waals surface area contributed by atoms with E-state index in [4.69, 9.17) is 4.74 Å². The topological polar surface area (TPSA) is 88.5 Å². The molecule has 2 aromatic carbocycles. The maximum absolute atomic E-state index is 12.6. The third-order valence-corrected chi connectivity index (χ3v) is 5.53. The third-order valence-electron chi connectivity index (χ3n) is 5.53. The van der Waals surface area contributed by atoms with E-state index in [1.54, 1.807) is 31.5 Å². The van der Waals surface area contributed by atoms with Gasteiger partial charge in [-0.25, -0.2) is 4.79 Å². The fourth-order valence-electron chi connectivity index (χ4n) is 4.07. The molecule has 0 saturated carbocycles. The maximum Gasteiger partial charge on any atom is 0.407 e. The Morgan fingerprint density at radius 1 is 1.03 bits per heavy atom. The van der Waals surface area contributed by atoms with Gasteiger partial charge in [-0.1, -0.05) is 54.6 Å². The number of nitrogens with zero attached hydrogens (tertiary/aromatic N) is 1. The van der Waals surface area contributed by atoms with Crippen molar-refractivity contribution >= 4 is 12.1 Å². The van der Waals surface area contributed by atoms with Crippen molar-refractivity contribution in [3.05, 3.63) is 89.7 Å². The number of carbonyl (C=O) groups excluding carboxylic acids is 1. The molecule has 0 radical (unpaired) electrons. The average Bonchev–Trinajstić information content (AvgIpc) is 3.06. The number of nitrogens with one attached hydrogen (secondary N) is 1. The van der Waals surface area contributed by atoms with E-state index in [1.807, 2.05) is 36.4 Å². The van der Waals surface area contributed by atoms with Crippen LogP contribution >= 0.6 is 0 Å². The van der Waals surface area contributed by atoms with Gasteiger partial charge in [-0.05, 0) is 40.8 Å². The molecule has 1 aliphatic rings. The molecule has 1 atom stereocenters. The van der Waals surface area contributed by atoms with E-state index >= 15 is 0 Å². The van der Waals surface area contributed by atoms with Crippen LogP contribution in [0.3, 0.4) is 0 Å². The summed E-state index contributed by atoms with van der Waals surface area (Å²) in [6.07, 6.45) is 2.19. The van der Waals surface area contributed by atoms with E-state index in [0.717, 1.165) is 22.3 Å². The lowest BCUT2D eigenvalue weighted by Gasteiger charge is -2.29. The molecule has 6 nitrogen and oxygen atoms in total. The van der Waals surface area contributed by atoms with Crippen molar-refractivity contribution < 1.29 is 19.4 Å². The predicted octanol–water partition coefficient (Wildman–Crippen LogP) is 4.31. The molecule has 0 saturated heterocycles. The summed E-state index contributed by atoms with van der Waals surface area (Å²) in [6.45, 7) is 1.82. The Morgan fingerprint density at radius 2 is 1.67 bits per heavy atom. The standard InChI is InChI=1S/C24H22N2O4/c1-24(13-22(27)28,16-7-6-12-25-14-16)26-23(29)30-15-21-19-10-4-2-8-17(19)18-9-3-5-11-20(18)21/h2-12,14,21H,13,15H2,1H3,(H,26,29)(H,27,28). The molecule has 1 amide bonds. The predicted molar refractivity (Wildman–Crippen MR) is 112 cm³/mol. The molecular formula is C24H22N2O4. The van der Waals surface area contributed by atoms with Gasteiger partial charge in [0.1, 0.15) is 6.61 Å². The molecule has 2 N–H and O–H groups in total. The molecule has 30 heavy (non-hydrogen) atoms. The number of carboxylic acids is 1. The Kier molecular flexibility index (Phi) is 5.23. The summed E-state index contributed by atoms with van der Waals surface area (Å²) in [4.78, 5) is 28.1. The zero-order valence-corrected chi connectivity index (χ0v) is 16.5. The Hall–Kier alpha value is -3.67. The summed E-state index contributed by atoms with van der Waals surface area (Å²) in [5.41, 5.74) is 3.99. The monoisotopic (exact) mass is 402 g/mol. The van der Waals surface area contributed by atoms with Gasteiger partial charge in [0, 0.05) is 18.3 Å². The first-order valence-corrected chi connectivity index (χ1v) is 9.73. The van der Waals surface area contributed by atoms with E-state index in [2.05, 4.69) is 22.4 Å². The molecule has 0 fully saturated rings. The summed E-state index contributed by atoms with van der Waals surface area (Å²) in [7, 11) is 0. The molecule has 152 valence electrons. The number of carbonyl (C=O) groups is 2. The number of ether oxygens (including phenoxy) is 1. The zero-order valence-electron chi connectivity index (χ0n) is 16.5. The van der Waals surface area contributed by atoms with Gasteiger partial charge in [-0.2, -0.15) is 0 Å². The summed E-state index contributed by atoms with van der Waals surface area (Å²) in [6, 6.07) is 19.6. The normalized spacial score (nSPS) is 14.3. The number of benzene rings is 2. The van der Waals surface area contributed by atoms with Crippen molar-refractivity contribution in [3.8, 4) is 11.1 Å². The lowest BCUT2D eigenvalue weighted by Crippen LogP contribution is -2.45. The van der Waals surface area contributed by atoms with Crippen LogP contribution in [0.25, 0.3) is 11.1 Å². The minimum atomic E-state index is -1.14. The summed E-state index contributed by atoms with van der Waals surface area (Å²) >= 11 is 0. The van der Waals surface area contributed by atoms with Gasteiger partial charge in [-0.3, -0.25) is 9.78 Å². The van der Waals surface area contributed by atoms with E-state index in [0.29, 0.717) is 5.56 Å². The first-order chi connectivity index (χ1) is 14.5. The fourth-order valence-corrected chi connectivity index (χ4v) is 4.07. The van der Waals surface area contributed by atoms with Gasteiger partial charge in [0.2, 0.25) is 0 Å². The Bertz CT molecular complexity index is 1040. The SMILES string of the molecule is CC(CC(=O)O)(NC(=O)OCC1c2ccccc2-c2ccccc21)c1cccnc1. The van der Waals surface area contributed by atoms with Gasteiger partial charge in [0.05, 0.1) is 12.0 Å². The second-order valence-electron chi connectivity index (χ2n) is 7.59. The first kappa shape index (κ1) is 19.6. The molecule has 3 aromatic rings. The number of alkyl carbamates (subject to hydrolysis) is 1. The number of hydrogen-bond acceptors (Lipinski definition) is 4. The van der Waals surface area contributed by atoms with Crippen molar-refractivity contribution in [1.29, 1.82) is 0 Å². The van der Waals surface area contributed by atoms with Crippen LogP contribution in [-0.4, -0.2) is 28.8 Å². The fraction of sp³-hybridized carbons (Fsp3) is 0.208. The molecular weight excluding hydrogens is 380 g/mol. The van der Waals surface area contributed by atoms with Crippen LogP contribution in [0.15, 0.2) is 73.1 Å². The van der Waals surface area contributed by atoms with Crippen LogP contribution in [0.2, 0.25) is 0 Å². The molecule has 0 bridgehead atoms. The molecule has 1 heterocycles. The molecule has 1 aromatic heterocycles. The quantitative estimate of drug-likeness (QED) is 0.641. The molecule has 1 unspecified atom stereocenters. The second kappa shape index (κ2) is 7.99. The van der Waals surface area contributed by atoms with Crippen molar-refractivity contribution in [1.82, 2.24) is 10.3 Å². The van der Waals surface area contributed by atoms with Crippen molar-refractivity contribution in [2.24, 2.45) is 0 Å². The molecule has 1 aliphatic carbocycles. The second-order valence-corrected chi connectivity index (χ2v) is 7.59. The van der Waals surface area contributed by atoms with Gasteiger partial charge < -0.3 is 15.2 Å².